The molecule has 2 aromatic carbocycles. The number of amides is 1. The first-order chi connectivity index (χ1) is 13.1. The van der Waals surface area contributed by atoms with Crippen LogP contribution in [0.4, 0.5) is 11.4 Å². The van der Waals surface area contributed by atoms with Crippen molar-refractivity contribution in [3.05, 3.63) is 69.2 Å². The van der Waals surface area contributed by atoms with E-state index in [0.29, 0.717) is 10.7 Å². The van der Waals surface area contributed by atoms with E-state index in [1.54, 1.807) is 24.3 Å². The minimum atomic E-state index is -2.02. The van der Waals surface area contributed by atoms with Gasteiger partial charge in [0.1, 0.15) is 11.7 Å². The molecule has 0 aliphatic carbocycles. The average molecular weight is 482 g/mol. The molecule has 1 atom stereocenters. The second-order valence-electron chi connectivity index (χ2n) is 5.30. The van der Waals surface area contributed by atoms with Gasteiger partial charge in [0, 0.05) is 6.07 Å². The van der Waals surface area contributed by atoms with Gasteiger partial charge in [-0.2, -0.15) is 0 Å². The van der Waals surface area contributed by atoms with E-state index in [2.05, 4.69) is 16.0 Å². The van der Waals surface area contributed by atoms with Gasteiger partial charge in [-0.3, -0.25) is 14.9 Å². The van der Waals surface area contributed by atoms with Crippen LogP contribution in [0.1, 0.15) is 10.4 Å². The summed E-state index contributed by atoms with van der Waals surface area (Å²) in [6.07, 6.45) is -1.30. The number of nitro groups is 1. The Morgan fingerprint density at radius 3 is 2.29 bits per heavy atom. The van der Waals surface area contributed by atoms with Crippen molar-refractivity contribution in [3.63, 3.8) is 0 Å². The third-order valence-corrected chi connectivity index (χ3v) is 4.55. The van der Waals surface area contributed by atoms with Crippen LogP contribution in [-0.2, 0) is 0 Å². The average Bonchev–Trinajstić information content (AvgIpc) is 2.62. The number of nitrogens with zero attached hydrogens (tertiary/aromatic N) is 1. The molecule has 0 aliphatic heterocycles. The van der Waals surface area contributed by atoms with E-state index >= 15 is 0 Å². The second-order valence-corrected chi connectivity index (χ2v) is 8.49. The van der Waals surface area contributed by atoms with Crippen LogP contribution in [0.15, 0.2) is 48.5 Å². The van der Waals surface area contributed by atoms with Crippen molar-refractivity contribution < 1.29 is 9.72 Å². The number of benzene rings is 2. The van der Waals surface area contributed by atoms with E-state index in [4.69, 9.17) is 58.6 Å². The van der Waals surface area contributed by atoms with E-state index in [1.807, 2.05) is 0 Å². The van der Waals surface area contributed by atoms with Crippen LogP contribution in [-0.4, -0.2) is 25.9 Å². The molecule has 0 fully saturated rings. The van der Waals surface area contributed by atoms with Crippen molar-refractivity contribution in [1.29, 1.82) is 0 Å². The summed E-state index contributed by atoms with van der Waals surface area (Å²) in [6.45, 7) is 0. The Morgan fingerprint density at radius 1 is 1.07 bits per heavy atom. The first-order valence-electron chi connectivity index (χ1n) is 7.52. The molecule has 0 saturated heterocycles. The van der Waals surface area contributed by atoms with Crippen LogP contribution in [0, 0.1) is 10.1 Å². The summed E-state index contributed by atoms with van der Waals surface area (Å²) >= 11 is 29.0. The van der Waals surface area contributed by atoms with Crippen LogP contribution >= 0.6 is 58.6 Å². The maximum atomic E-state index is 12.5. The molecule has 0 saturated carbocycles. The molecule has 2 rings (SSSR count). The summed E-state index contributed by atoms with van der Waals surface area (Å²) in [4.78, 5) is 22.9. The number of carbonyl (C=O) groups excluding carboxylic acids is 1. The number of hydrogen-bond donors (Lipinski definition) is 3. The molecule has 28 heavy (non-hydrogen) atoms. The molecule has 7 nitrogen and oxygen atoms in total. The number of rotatable bonds is 5. The molecule has 0 spiro atoms. The zero-order valence-electron chi connectivity index (χ0n) is 13.8. The molecule has 0 aromatic heterocycles. The Labute approximate surface area is 185 Å². The summed E-state index contributed by atoms with van der Waals surface area (Å²) in [5, 5.41) is 19.4. The molecule has 3 N–H and O–H groups in total. The van der Waals surface area contributed by atoms with Crippen LogP contribution in [0.25, 0.3) is 0 Å². The summed E-state index contributed by atoms with van der Waals surface area (Å²) in [5.74, 6) is -0.823. The lowest BCUT2D eigenvalue weighted by Gasteiger charge is -2.27. The van der Waals surface area contributed by atoms with Crippen LogP contribution in [0.5, 0.6) is 0 Å². The van der Waals surface area contributed by atoms with Gasteiger partial charge in [0.15, 0.2) is 5.11 Å². The van der Waals surface area contributed by atoms with Gasteiger partial charge in [-0.1, -0.05) is 70.7 Å². The Kier molecular flexibility index (Phi) is 7.68. The predicted octanol–water partition coefficient (Wildman–Crippen LogP) is 4.66. The molecular weight excluding hydrogens is 470 g/mol. The van der Waals surface area contributed by atoms with E-state index in [-0.39, 0.29) is 16.4 Å². The first-order valence-corrected chi connectivity index (χ1v) is 9.44. The van der Waals surface area contributed by atoms with Crippen LogP contribution in [0.3, 0.4) is 0 Å². The van der Waals surface area contributed by atoms with Gasteiger partial charge in [-0.25, -0.2) is 0 Å². The van der Waals surface area contributed by atoms with E-state index < -0.39 is 20.8 Å². The number of halogens is 4. The van der Waals surface area contributed by atoms with E-state index in [1.165, 1.54) is 24.3 Å². The van der Waals surface area contributed by atoms with Crippen molar-refractivity contribution in [1.82, 2.24) is 10.6 Å². The zero-order chi connectivity index (χ0) is 20.9. The van der Waals surface area contributed by atoms with Crippen molar-refractivity contribution in [3.8, 4) is 0 Å². The highest BCUT2D eigenvalue weighted by Crippen LogP contribution is 2.30. The molecule has 0 unspecified atom stereocenters. The number of para-hydroxylation sites is 2. The van der Waals surface area contributed by atoms with Gasteiger partial charge in [-0.05, 0) is 30.4 Å². The Hall–Kier alpha value is -1.84. The van der Waals surface area contributed by atoms with E-state index in [9.17, 15) is 14.9 Å². The number of carbonyl (C=O) groups is 1. The third kappa shape index (κ3) is 6.08. The summed E-state index contributed by atoms with van der Waals surface area (Å²) in [7, 11) is 0. The van der Waals surface area contributed by atoms with Gasteiger partial charge >= 0.3 is 0 Å². The summed E-state index contributed by atoms with van der Waals surface area (Å²) < 4.78 is -2.02. The fourth-order valence-corrected chi connectivity index (χ4v) is 2.82. The van der Waals surface area contributed by atoms with Gasteiger partial charge < -0.3 is 16.0 Å². The second kappa shape index (κ2) is 9.58. The molecule has 0 radical (unpaired) electrons. The quantitative estimate of drug-likeness (QED) is 0.189. The summed E-state index contributed by atoms with van der Waals surface area (Å²) in [6, 6.07) is 12.2. The van der Waals surface area contributed by atoms with Crippen molar-refractivity contribution in [2.45, 2.75) is 9.96 Å². The van der Waals surface area contributed by atoms with Crippen molar-refractivity contribution >= 4 is 81.0 Å². The number of thiocarbonyl (C=S) groups is 1. The van der Waals surface area contributed by atoms with E-state index in [0.717, 1.165) is 0 Å². The number of nitrogens with one attached hydrogen (secondary N) is 3. The zero-order valence-corrected chi connectivity index (χ0v) is 17.6. The topological polar surface area (TPSA) is 96.3 Å². The number of nitro benzene ring substituents is 1. The monoisotopic (exact) mass is 480 g/mol. The maximum Gasteiger partial charge on any atom is 0.282 e. The molecule has 148 valence electrons. The van der Waals surface area contributed by atoms with Gasteiger partial charge in [-0.15, -0.1) is 0 Å². The molecular formula is C16H12Cl4N4O3S. The number of anilines is 1. The largest absolute Gasteiger partial charge is 0.339 e. The molecule has 0 bridgehead atoms. The van der Waals surface area contributed by atoms with Gasteiger partial charge in [0.2, 0.25) is 3.79 Å². The van der Waals surface area contributed by atoms with Crippen molar-refractivity contribution in [2.75, 3.05) is 5.32 Å². The smallest absolute Gasteiger partial charge is 0.282 e. The standard InChI is InChI=1S/C16H12Cl4N4O3S/c17-10-6-2-3-7-11(10)21-15(28)23-14(16(18,19)20)22-13(25)9-5-1-4-8-12(9)24(26)27/h1-8,14H,(H,22,25)(H2,21,23,28)/t14-/m0/s1. The maximum absolute atomic E-state index is 12.5. The SMILES string of the molecule is O=C(N[C@@H](NC(=S)Nc1ccccc1Cl)C(Cl)(Cl)Cl)c1ccccc1[N+](=O)[O-]. The van der Waals surface area contributed by atoms with Gasteiger partial charge in [0.05, 0.1) is 15.6 Å². The lowest BCUT2D eigenvalue weighted by molar-refractivity contribution is -0.385. The Balaban J connectivity index is 2.16. The lowest BCUT2D eigenvalue weighted by atomic mass is 10.1. The fourth-order valence-electron chi connectivity index (χ4n) is 2.09. The Bertz CT molecular complexity index is 907. The molecule has 0 aliphatic rings. The van der Waals surface area contributed by atoms with Crippen molar-refractivity contribution in [2.24, 2.45) is 0 Å². The minimum Gasteiger partial charge on any atom is -0.339 e. The highest BCUT2D eigenvalue weighted by Gasteiger charge is 2.36. The minimum absolute atomic E-state index is 0.00675. The number of hydrogen-bond acceptors (Lipinski definition) is 4. The normalized spacial score (nSPS) is 12.0. The first kappa shape index (κ1) is 22.4. The predicted molar refractivity (Wildman–Crippen MR) is 115 cm³/mol. The fraction of sp³-hybridized carbons (Fsp3) is 0.125. The highest BCUT2D eigenvalue weighted by atomic mass is 35.6. The molecule has 2 aromatic rings. The Morgan fingerprint density at radius 2 is 1.68 bits per heavy atom. The lowest BCUT2D eigenvalue weighted by Crippen LogP contribution is -2.56. The molecule has 0 heterocycles. The number of alkyl halides is 3. The highest BCUT2D eigenvalue weighted by molar-refractivity contribution is 7.80. The van der Waals surface area contributed by atoms with Crippen LogP contribution in [0.2, 0.25) is 5.02 Å². The summed E-state index contributed by atoms with van der Waals surface area (Å²) in [5.41, 5.74) is -0.0897. The van der Waals surface area contributed by atoms with Gasteiger partial charge in [0.25, 0.3) is 11.6 Å². The molecule has 12 heteroatoms. The third-order valence-electron chi connectivity index (χ3n) is 3.35. The van der Waals surface area contributed by atoms with Crippen LogP contribution < -0.4 is 16.0 Å². The molecule has 1 amide bonds.